The van der Waals surface area contributed by atoms with E-state index in [0.29, 0.717) is 30.6 Å². The van der Waals surface area contributed by atoms with Crippen molar-refractivity contribution < 1.29 is 72.4 Å². The number of likely N-dealkylation sites (tertiary alicyclic amines) is 1. The molecule has 7 amide bonds. The highest BCUT2D eigenvalue weighted by atomic mass is 16.6. The maximum atomic E-state index is 15.0. The number of Topliss-reactive ketones (excluding diaryl/α,β-unsaturated/α-hetero) is 1. The summed E-state index contributed by atoms with van der Waals surface area (Å²) in [7, 11) is 4.29. The number of hydrogen-bond donors (Lipinski definition) is 5. The van der Waals surface area contributed by atoms with Crippen LogP contribution in [0.3, 0.4) is 0 Å². The fourth-order valence-corrected chi connectivity index (χ4v) is 10.5. The fraction of sp³-hybridized carbons (Fsp3) is 0.719. The Hall–Kier alpha value is -6.16. The largest absolute Gasteiger partial charge is 0.497 e. The van der Waals surface area contributed by atoms with E-state index in [2.05, 4.69) is 16.0 Å². The van der Waals surface area contributed by atoms with Gasteiger partial charge in [-0.15, -0.1) is 0 Å². The summed E-state index contributed by atoms with van der Waals surface area (Å²) in [5, 5.41) is 30.2. The normalized spacial score (nSPS) is 27.7. The zero-order valence-electron chi connectivity index (χ0n) is 48.8. The van der Waals surface area contributed by atoms with E-state index < -0.39 is 150 Å². The van der Waals surface area contributed by atoms with Crippen LogP contribution in [0.4, 0.5) is 0 Å². The van der Waals surface area contributed by atoms with Crippen LogP contribution in [0.1, 0.15) is 133 Å². The Morgan fingerprint density at radius 1 is 0.861 bits per heavy atom. The standard InChI is InChI=1S/C57H89N7O15/c1-15-33(8)46-44(66)29-45(67)79-49(32(6)7)48(68)34(9)50(69)58-39(26-30(2)3)54(73)64-25-17-19-41(64)56(75)62(13)43(28-37-20-22-38(77-14)23-21-37)57(76)78-36(11)47(52(71)59-46)60-51(70)42(27-31(4)5)61(12)55(74)40-18-16-24-63(40)53(72)35(10)65/h20-23,30-36,39-44,46-47,49,65-66H,15-19,24-29H2,1-14H3,(H,58,69)(H,59,71)(H,60,70)/t33-,34-,35?,36+,39-,40-,41-,42+,43-,44-,46-,47?,49-/m0/s1. The van der Waals surface area contributed by atoms with Gasteiger partial charge in [0.1, 0.15) is 54.2 Å². The number of fused-ring (bicyclic) bond motifs is 1. The highest BCUT2D eigenvalue weighted by Gasteiger charge is 2.46. The van der Waals surface area contributed by atoms with Gasteiger partial charge in [-0.2, -0.15) is 0 Å². The highest BCUT2D eigenvalue weighted by Crippen LogP contribution is 2.27. The number of nitrogens with one attached hydrogen (secondary N) is 3. The van der Waals surface area contributed by atoms with Crippen molar-refractivity contribution >= 4 is 59.1 Å². The van der Waals surface area contributed by atoms with Crippen LogP contribution in [-0.2, 0) is 63.8 Å². The molecule has 79 heavy (non-hydrogen) atoms. The molecule has 2 unspecified atom stereocenters. The first-order valence-corrected chi connectivity index (χ1v) is 28.0. The number of carbonyl (C=O) groups excluding carboxylic acids is 10. The molecule has 0 saturated carbocycles. The first-order chi connectivity index (χ1) is 37.0. The van der Waals surface area contributed by atoms with Crippen LogP contribution in [0.2, 0.25) is 0 Å². The summed E-state index contributed by atoms with van der Waals surface area (Å²) in [6.45, 7) is 18.4. The number of benzene rings is 1. The molecule has 13 atom stereocenters. The molecular weight excluding hydrogens is 1020 g/mol. The number of amides is 7. The minimum absolute atomic E-state index is 0.0720. The number of nitrogens with zero attached hydrogens (tertiary/aromatic N) is 4. The van der Waals surface area contributed by atoms with Gasteiger partial charge in [0.15, 0.2) is 11.9 Å². The smallest absolute Gasteiger partial charge is 0.329 e. The average Bonchev–Trinajstić information content (AvgIpc) is 4.13. The van der Waals surface area contributed by atoms with Gasteiger partial charge in [-0.1, -0.05) is 73.9 Å². The zero-order chi connectivity index (χ0) is 59.3. The van der Waals surface area contributed by atoms with Crippen LogP contribution < -0.4 is 20.7 Å². The van der Waals surface area contributed by atoms with E-state index in [1.165, 1.54) is 61.6 Å². The zero-order valence-corrected chi connectivity index (χ0v) is 48.8. The van der Waals surface area contributed by atoms with Crippen molar-refractivity contribution in [1.29, 1.82) is 0 Å². The highest BCUT2D eigenvalue weighted by molar-refractivity contribution is 6.05. The molecule has 0 bridgehead atoms. The summed E-state index contributed by atoms with van der Waals surface area (Å²) in [5.74, 6) is -10.3. The molecule has 1 aromatic carbocycles. The van der Waals surface area contributed by atoms with Crippen LogP contribution in [0.15, 0.2) is 24.3 Å². The molecule has 0 radical (unpaired) electrons. The van der Waals surface area contributed by atoms with Gasteiger partial charge < -0.3 is 60.0 Å². The molecule has 442 valence electrons. The third-order valence-corrected chi connectivity index (χ3v) is 15.5. The van der Waals surface area contributed by atoms with Gasteiger partial charge in [0.2, 0.25) is 35.4 Å². The lowest BCUT2D eigenvalue weighted by Crippen LogP contribution is -2.62. The van der Waals surface area contributed by atoms with E-state index in [9.17, 15) is 53.4 Å². The van der Waals surface area contributed by atoms with E-state index in [1.807, 2.05) is 27.7 Å². The molecule has 0 spiro atoms. The van der Waals surface area contributed by atoms with Crippen molar-refractivity contribution in [3.8, 4) is 5.75 Å². The van der Waals surface area contributed by atoms with Crippen LogP contribution in [-0.4, -0.2) is 190 Å². The Morgan fingerprint density at radius 3 is 2.06 bits per heavy atom. The van der Waals surface area contributed by atoms with E-state index in [0.717, 1.165) is 0 Å². The lowest BCUT2D eigenvalue weighted by atomic mass is 9.91. The summed E-state index contributed by atoms with van der Waals surface area (Å²) in [6.07, 6.45) is -4.99. The molecule has 3 aliphatic heterocycles. The van der Waals surface area contributed by atoms with Gasteiger partial charge in [0, 0.05) is 33.6 Å². The van der Waals surface area contributed by atoms with Crippen molar-refractivity contribution in [3.05, 3.63) is 29.8 Å². The fourth-order valence-electron chi connectivity index (χ4n) is 10.5. The number of methoxy groups -OCH3 is 1. The van der Waals surface area contributed by atoms with E-state index in [-0.39, 0.29) is 57.0 Å². The van der Waals surface area contributed by atoms with Crippen molar-refractivity contribution in [2.45, 2.75) is 201 Å². The number of aliphatic hydroxyl groups is 2. The predicted octanol–water partition coefficient (Wildman–Crippen LogP) is 2.32. The minimum Gasteiger partial charge on any atom is -0.497 e. The second kappa shape index (κ2) is 29.3. The number of ether oxygens (including phenoxy) is 3. The molecule has 0 aliphatic carbocycles. The van der Waals surface area contributed by atoms with Crippen molar-refractivity contribution in [2.75, 3.05) is 34.3 Å². The maximum Gasteiger partial charge on any atom is 0.329 e. The van der Waals surface area contributed by atoms with E-state index >= 15 is 4.79 Å². The third kappa shape index (κ3) is 16.9. The molecular formula is C57H89N7O15. The minimum atomic E-state index is -1.76. The Labute approximate surface area is 465 Å². The number of rotatable bonds is 15. The van der Waals surface area contributed by atoms with Gasteiger partial charge in [0.25, 0.3) is 5.91 Å². The first kappa shape index (κ1) is 65.4. The number of likely N-dealkylation sites (N-methyl/N-ethyl adjacent to an activating group) is 2. The van der Waals surface area contributed by atoms with Crippen molar-refractivity contribution in [2.24, 2.45) is 29.6 Å². The Morgan fingerprint density at radius 2 is 1.49 bits per heavy atom. The predicted molar refractivity (Wildman–Crippen MR) is 290 cm³/mol. The Kier molecular flexibility index (Phi) is 24.3. The SMILES string of the molecule is CC[C@H](C)[C@@H]1NC(=O)C(NC(=O)[C@@H](CC(C)C)N(C)C(=O)[C@@H]2CCCN2C(=O)C(C)O)[C@@H](C)OC(=O)[C@H](Cc2ccc(OC)cc2)N(C)C(=O)[C@@H]2CCCN2C(=O)[C@H](CC(C)C)NC(=O)[C@@H](C)C(=O)[C@H](C(C)C)OC(=O)C[C@@H]1O. The second-order valence-electron chi connectivity index (χ2n) is 23.0. The molecule has 5 N–H and O–H groups in total. The molecule has 1 aromatic rings. The summed E-state index contributed by atoms with van der Waals surface area (Å²) >= 11 is 0. The molecule has 4 rings (SSSR count). The molecule has 3 heterocycles. The lowest BCUT2D eigenvalue weighted by molar-refractivity contribution is -0.163. The van der Waals surface area contributed by atoms with E-state index in [4.69, 9.17) is 14.2 Å². The van der Waals surface area contributed by atoms with Crippen LogP contribution in [0.25, 0.3) is 0 Å². The lowest BCUT2D eigenvalue weighted by Gasteiger charge is -2.36. The van der Waals surface area contributed by atoms with Gasteiger partial charge in [-0.05, 0) is 101 Å². The number of aliphatic hydroxyl groups excluding tert-OH is 2. The first-order valence-electron chi connectivity index (χ1n) is 28.0. The summed E-state index contributed by atoms with van der Waals surface area (Å²) < 4.78 is 17.2. The monoisotopic (exact) mass is 1110 g/mol. The quantitative estimate of drug-likeness (QED) is 0.124. The van der Waals surface area contributed by atoms with Gasteiger partial charge in [0.05, 0.1) is 31.6 Å². The average molecular weight is 1110 g/mol. The topological polar surface area (TPSA) is 288 Å². The molecule has 3 fully saturated rings. The molecule has 3 saturated heterocycles. The van der Waals surface area contributed by atoms with E-state index in [1.54, 1.807) is 52.0 Å². The molecule has 22 heteroatoms. The Bertz CT molecular complexity index is 2330. The molecule has 0 aromatic heterocycles. The summed E-state index contributed by atoms with van der Waals surface area (Å²) in [5.41, 5.74) is 0.571. The second-order valence-corrected chi connectivity index (χ2v) is 23.0. The number of carbonyl (C=O) groups is 10. The number of esters is 2. The summed E-state index contributed by atoms with van der Waals surface area (Å²) in [6, 6.07) is -2.19. The van der Waals surface area contributed by atoms with Crippen molar-refractivity contribution in [3.63, 3.8) is 0 Å². The van der Waals surface area contributed by atoms with Gasteiger partial charge in [-0.3, -0.25) is 43.2 Å². The van der Waals surface area contributed by atoms with Gasteiger partial charge in [-0.25, -0.2) is 4.79 Å². The number of hydrogen-bond acceptors (Lipinski definition) is 15. The third-order valence-electron chi connectivity index (χ3n) is 15.5. The Balaban J connectivity index is 1.89. The van der Waals surface area contributed by atoms with Crippen LogP contribution in [0, 0.1) is 29.6 Å². The maximum absolute atomic E-state index is 15.0. The number of cyclic esters (lactones) is 2. The van der Waals surface area contributed by atoms with Crippen LogP contribution >= 0.6 is 0 Å². The van der Waals surface area contributed by atoms with Gasteiger partial charge >= 0.3 is 11.9 Å². The molecule has 22 nitrogen and oxygen atoms in total. The van der Waals surface area contributed by atoms with Crippen molar-refractivity contribution in [1.82, 2.24) is 35.6 Å². The summed E-state index contributed by atoms with van der Waals surface area (Å²) in [4.78, 5) is 149. The van der Waals surface area contributed by atoms with Crippen LogP contribution in [0.5, 0.6) is 5.75 Å². The number of ketones is 1. The molecule has 3 aliphatic rings.